The molecule has 7 heteroatoms. The first-order chi connectivity index (χ1) is 7.69. The number of rotatable bonds is 2. The lowest BCUT2D eigenvalue weighted by atomic mass is 10.3. The van der Waals surface area contributed by atoms with Crippen molar-refractivity contribution in [3.05, 3.63) is 11.2 Å². The highest BCUT2D eigenvalue weighted by Crippen LogP contribution is 2.20. The normalized spacial score (nSPS) is 16.1. The second kappa shape index (κ2) is 4.88. The van der Waals surface area contributed by atoms with E-state index in [9.17, 15) is 4.79 Å². The van der Waals surface area contributed by atoms with Gasteiger partial charge in [0.1, 0.15) is 11.0 Å². The van der Waals surface area contributed by atoms with Crippen LogP contribution in [-0.4, -0.2) is 41.8 Å². The van der Waals surface area contributed by atoms with Crippen LogP contribution < -0.4 is 10.2 Å². The van der Waals surface area contributed by atoms with Gasteiger partial charge in [-0.05, 0) is 6.26 Å². The van der Waals surface area contributed by atoms with Crippen LogP contribution in [0.1, 0.15) is 0 Å². The van der Waals surface area contributed by atoms with Gasteiger partial charge in [-0.3, -0.25) is 4.79 Å². The standard InChI is InChI=1S/C9H11ClN4OS/c1-16-9-12-6(10)4-7(13-9)14-3-2-11-8(15)5-14/h4H,2-3,5H2,1H3,(H,11,15). The highest BCUT2D eigenvalue weighted by atomic mass is 35.5. The van der Waals surface area contributed by atoms with Crippen molar-refractivity contribution in [2.75, 3.05) is 30.8 Å². The van der Waals surface area contributed by atoms with Gasteiger partial charge in [0.25, 0.3) is 0 Å². The van der Waals surface area contributed by atoms with Crippen LogP contribution in [0.2, 0.25) is 5.15 Å². The Morgan fingerprint density at radius 2 is 2.38 bits per heavy atom. The van der Waals surface area contributed by atoms with Gasteiger partial charge in [-0.2, -0.15) is 0 Å². The Kier molecular flexibility index (Phi) is 3.50. The second-order valence-corrected chi connectivity index (χ2v) is 4.47. The molecule has 1 aliphatic rings. The number of piperazine rings is 1. The molecule has 5 nitrogen and oxygen atoms in total. The van der Waals surface area contributed by atoms with Gasteiger partial charge >= 0.3 is 0 Å². The van der Waals surface area contributed by atoms with Crippen molar-refractivity contribution in [2.45, 2.75) is 5.16 Å². The molecular formula is C9H11ClN4OS. The van der Waals surface area contributed by atoms with E-state index in [-0.39, 0.29) is 5.91 Å². The quantitative estimate of drug-likeness (QED) is 0.483. The fourth-order valence-corrected chi connectivity index (χ4v) is 2.08. The molecule has 0 bridgehead atoms. The molecule has 1 saturated heterocycles. The van der Waals surface area contributed by atoms with Gasteiger partial charge in [-0.1, -0.05) is 23.4 Å². The summed E-state index contributed by atoms with van der Waals surface area (Å²) in [5, 5.41) is 3.78. The SMILES string of the molecule is CSc1nc(Cl)cc(N2CCNC(=O)C2)n1. The molecule has 0 atom stereocenters. The highest BCUT2D eigenvalue weighted by Gasteiger charge is 2.18. The summed E-state index contributed by atoms with van der Waals surface area (Å²) in [6.45, 7) is 1.70. The molecule has 2 rings (SSSR count). The Morgan fingerprint density at radius 3 is 3.06 bits per heavy atom. The summed E-state index contributed by atoms with van der Waals surface area (Å²) in [6.07, 6.45) is 1.89. The van der Waals surface area contributed by atoms with Crippen LogP contribution in [0.25, 0.3) is 0 Å². The third-order valence-electron chi connectivity index (χ3n) is 2.21. The lowest BCUT2D eigenvalue weighted by Gasteiger charge is -2.27. The lowest BCUT2D eigenvalue weighted by molar-refractivity contribution is -0.120. The molecular weight excluding hydrogens is 248 g/mol. The number of anilines is 1. The van der Waals surface area contributed by atoms with E-state index in [1.807, 2.05) is 11.2 Å². The number of amides is 1. The predicted octanol–water partition coefficient (Wildman–Crippen LogP) is 0.788. The van der Waals surface area contributed by atoms with E-state index in [1.165, 1.54) is 11.8 Å². The Labute approximate surface area is 103 Å². The molecule has 1 fully saturated rings. The zero-order valence-corrected chi connectivity index (χ0v) is 10.3. The van der Waals surface area contributed by atoms with Crippen LogP contribution in [0.4, 0.5) is 5.82 Å². The van der Waals surface area contributed by atoms with Crippen molar-refractivity contribution in [3.8, 4) is 0 Å². The van der Waals surface area contributed by atoms with E-state index < -0.39 is 0 Å². The molecule has 0 radical (unpaired) electrons. The summed E-state index contributed by atoms with van der Waals surface area (Å²) in [4.78, 5) is 21.5. The molecule has 86 valence electrons. The van der Waals surface area contributed by atoms with Crippen molar-refractivity contribution < 1.29 is 4.79 Å². The molecule has 1 aromatic heterocycles. The molecule has 0 aromatic carbocycles. The van der Waals surface area contributed by atoms with Gasteiger partial charge in [-0.25, -0.2) is 9.97 Å². The average Bonchev–Trinajstić information content (AvgIpc) is 2.28. The third-order valence-corrected chi connectivity index (χ3v) is 2.95. The fraction of sp³-hybridized carbons (Fsp3) is 0.444. The topological polar surface area (TPSA) is 58.1 Å². The number of hydrogen-bond donors (Lipinski definition) is 1. The molecule has 1 amide bonds. The van der Waals surface area contributed by atoms with Crippen LogP contribution in [0.5, 0.6) is 0 Å². The lowest BCUT2D eigenvalue weighted by Crippen LogP contribution is -2.48. The van der Waals surface area contributed by atoms with E-state index in [4.69, 9.17) is 11.6 Å². The second-order valence-electron chi connectivity index (χ2n) is 3.31. The minimum atomic E-state index is 0.00619. The highest BCUT2D eigenvalue weighted by molar-refractivity contribution is 7.98. The van der Waals surface area contributed by atoms with Crippen LogP contribution in [0, 0.1) is 0 Å². The van der Waals surface area contributed by atoms with Gasteiger partial charge in [0, 0.05) is 19.2 Å². The maximum atomic E-state index is 11.3. The fourth-order valence-electron chi connectivity index (χ4n) is 1.47. The maximum Gasteiger partial charge on any atom is 0.239 e. The number of carbonyl (C=O) groups is 1. The van der Waals surface area contributed by atoms with Crippen LogP contribution in [0.3, 0.4) is 0 Å². The van der Waals surface area contributed by atoms with Crippen LogP contribution in [-0.2, 0) is 4.79 Å². The van der Waals surface area contributed by atoms with Gasteiger partial charge in [0.05, 0.1) is 6.54 Å². The minimum absolute atomic E-state index is 0.00619. The van der Waals surface area contributed by atoms with E-state index in [0.717, 1.165) is 6.54 Å². The zero-order valence-electron chi connectivity index (χ0n) is 8.73. The number of hydrogen-bond acceptors (Lipinski definition) is 5. The third kappa shape index (κ3) is 2.56. The molecule has 1 N–H and O–H groups in total. The van der Waals surface area contributed by atoms with Crippen molar-refractivity contribution in [1.82, 2.24) is 15.3 Å². The molecule has 0 saturated carbocycles. The number of nitrogens with one attached hydrogen (secondary N) is 1. The summed E-state index contributed by atoms with van der Waals surface area (Å²) in [5.41, 5.74) is 0. The first-order valence-corrected chi connectivity index (χ1v) is 6.39. The maximum absolute atomic E-state index is 11.3. The molecule has 1 aliphatic heterocycles. The summed E-state index contributed by atoms with van der Waals surface area (Å²) in [5.74, 6) is 0.714. The Morgan fingerprint density at radius 1 is 1.56 bits per heavy atom. The first-order valence-electron chi connectivity index (χ1n) is 4.79. The van der Waals surface area contributed by atoms with E-state index in [1.54, 1.807) is 6.07 Å². The van der Waals surface area contributed by atoms with E-state index in [0.29, 0.717) is 29.2 Å². The monoisotopic (exact) mass is 258 g/mol. The molecule has 0 aliphatic carbocycles. The minimum Gasteiger partial charge on any atom is -0.353 e. The van der Waals surface area contributed by atoms with Gasteiger partial charge in [0.2, 0.25) is 5.91 Å². The molecule has 2 heterocycles. The molecule has 0 unspecified atom stereocenters. The Bertz CT molecular complexity index is 414. The molecule has 0 spiro atoms. The predicted molar refractivity (Wildman–Crippen MR) is 64.0 cm³/mol. The zero-order chi connectivity index (χ0) is 11.5. The van der Waals surface area contributed by atoms with Gasteiger partial charge in [-0.15, -0.1) is 0 Å². The average molecular weight is 259 g/mol. The number of nitrogens with zero attached hydrogens (tertiary/aromatic N) is 3. The van der Waals surface area contributed by atoms with Crippen molar-refractivity contribution in [2.24, 2.45) is 0 Å². The van der Waals surface area contributed by atoms with Crippen LogP contribution in [0.15, 0.2) is 11.2 Å². The van der Waals surface area contributed by atoms with Crippen molar-refractivity contribution >= 4 is 35.1 Å². The number of halogens is 1. The van der Waals surface area contributed by atoms with E-state index >= 15 is 0 Å². The van der Waals surface area contributed by atoms with Crippen molar-refractivity contribution in [3.63, 3.8) is 0 Å². The number of carbonyl (C=O) groups excluding carboxylic acids is 1. The first kappa shape index (κ1) is 11.5. The number of thioether (sulfide) groups is 1. The summed E-state index contributed by atoms with van der Waals surface area (Å²) >= 11 is 7.32. The van der Waals surface area contributed by atoms with Crippen molar-refractivity contribution in [1.29, 1.82) is 0 Å². The summed E-state index contributed by atoms with van der Waals surface area (Å²) in [6, 6.07) is 1.68. The van der Waals surface area contributed by atoms with Crippen LogP contribution >= 0.6 is 23.4 Å². The Hall–Kier alpha value is -1.01. The largest absolute Gasteiger partial charge is 0.353 e. The number of aromatic nitrogens is 2. The molecule has 1 aromatic rings. The smallest absolute Gasteiger partial charge is 0.239 e. The summed E-state index contributed by atoms with van der Waals surface area (Å²) in [7, 11) is 0. The summed E-state index contributed by atoms with van der Waals surface area (Å²) < 4.78 is 0. The van der Waals surface area contributed by atoms with Gasteiger partial charge in [0.15, 0.2) is 5.16 Å². The molecule has 16 heavy (non-hydrogen) atoms. The van der Waals surface area contributed by atoms with E-state index in [2.05, 4.69) is 15.3 Å². The van der Waals surface area contributed by atoms with Gasteiger partial charge < -0.3 is 10.2 Å². The Balaban J connectivity index is 2.24.